The SMILES string of the molecule is CCOc1ccccc1C1N[C@H](C(=O)N2CCC[C@H]2C#N)CS1.Cl. The summed E-state index contributed by atoms with van der Waals surface area (Å²) in [4.78, 5) is 14.4. The van der Waals surface area contributed by atoms with Gasteiger partial charge in [0.15, 0.2) is 0 Å². The molecule has 24 heavy (non-hydrogen) atoms. The summed E-state index contributed by atoms with van der Waals surface area (Å²) in [5.41, 5.74) is 1.08. The van der Waals surface area contributed by atoms with Crippen LogP contribution in [0.15, 0.2) is 24.3 Å². The standard InChI is InChI=1S/C17H21N3O2S.ClH/c1-2-22-15-8-4-3-7-13(15)16-19-14(11-23-16)17(21)20-9-5-6-12(20)10-18;/h3-4,7-8,12,14,16,19H,2,5-6,9,11H2,1H3;1H/t12-,14-,16?;/m0./s1. The van der Waals surface area contributed by atoms with E-state index in [0.717, 1.165) is 29.9 Å². The van der Waals surface area contributed by atoms with E-state index >= 15 is 0 Å². The minimum absolute atomic E-state index is 0. The maximum Gasteiger partial charge on any atom is 0.241 e. The van der Waals surface area contributed by atoms with Crippen LogP contribution in [-0.2, 0) is 4.79 Å². The maximum atomic E-state index is 12.7. The number of carbonyl (C=O) groups excluding carboxylic acids is 1. The molecule has 2 aliphatic rings. The van der Waals surface area contributed by atoms with Gasteiger partial charge in [-0.05, 0) is 25.8 Å². The molecule has 1 aromatic rings. The summed E-state index contributed by atoms with van der Waals surface area (Å²) in [5.74, 6) is 1.64. The lowest BCUT2D eigenvalue weighted by Crippen LogP contribution is -2.46. The molecular weight excluding hydrogens is 346 g/mol. The Kier molecular flexibility index (Phi) is 6.79. The lowest BCUT2D eigenvalue weighted by Gasteiger charge is -2.23. The predicted molar refractivity (Wildman–Crippen MR) is 97.3 cm³/mol. The van der Waals surface area contributed by atoms with Gasteiger partial charge in [-0.1, -0.05) is 18.2 Å². The maximum absolute atomic E-state index is 12.7. The number of halogens is 1. The zero-order valence-corrected chi connectivity index (χ0v) is 15.2. The quantitative estimate of drug-likeness (QED) is 0.886. The zero-order chi connectivity index (χ0) is 16.2. The molecule has 3 atom stereocenters. The van der Waals surface area contributed by atoms with Gasteiger partial charge in [-0.2, -0.15) is 5.26 Å². The van der Waals surface area contributed by atoms with Crippen LogP contribution in [0.4, 0.5) is 0 Å². The number of rotatable bonds is 4. The molecule has 0 bridgehead atoms. The third-order valence-electron chi connectivity index (χ3n) is 4.27. The molecule has 2 fully saturated rings. The summed E-state index contributed by atoms with van der Waals surface area (Å²) in [5, 5.41) is 12.6. The molecular formula is C17H22ClN3O2S. The van der Waals surface area contributed by atoms with E-state index in [2.05, 4.69) is 11.4 Å². The minimum Gasteiger partial charge on any atom is -0.494 e. The molecule has 2 saturated heterocycles. The Hall–Kier alpha value is -1.42. The van der Waals surface area contributed by atoms with E-state index in [-0.39, 0.29) is 35.8 Å². The Morgan fingerprint density at radius 1 is 1.50 bits per heavy atom. The number of ether oxygens (including phenoxy) is 1. The van der Waals surface area contributed by atoms with E-state index in [9.17, 15) is 4.79 Å². The third-order valence-corrected chi connectivity index (χ3v) is 5.52. The van der Waals surface area contributed by atoms with Crippen molar-refractivity contribution < 1.29 is 9.53 Å². The molecule has 0 saturated carbocycles. The fourth-order valence-corrected chi connectivity index (χ4v) is 4.40. The molecule has 7 heteroatoms. The summed E-state index contributed by atoms with van der Waals surface area (Å²) in [6.45, 7) is 3.28. The highest BCUT2D eigenvalue weighted by Crippen LogP contribution is 2.38. The number of hydrogen-bond donors (Lipinski definition) is 1. The molecule has 0 aromatic heterocycles. The topological polar surface area (TPSA) is 65.4 Å². The largest absolute Gasteiger partial charge is 0.494 e. The van der Waals surface area contributed by atoms with Gasteiger partial charge in [-0.25, -0.2) is 0 Å². The highest BCUT2D eigenvalue weighted by molar-refractivity contribution is 7.99. The van der Waals surface area contributed by atoms with E-state index in [1.807, 2.05) is 31.2 Å². The van der Waals surface area contributed by atoms with Crippen LogP contribution in [0.2, 0.25) is 0 Å². The molecule has 0 aliphatic carbocycles. The number of benzene rings is 1. The van der Waals surface area contributed by atoms with Crippen molar-refractivity contribution >= 4 is 30.1 Å². The first kappa shape index (κ1) is 18.9. The first-order valence-corrected chi connectivity index (χ1v) is 9.09. The Morgan fingerprint density at radius 3 is 3.04 bits per heavy atom. The highest BCUT2D eigenvalue weighted by Gasteiger charge is 2.38. The van der Waals surface area contributed by atoms with Gasteiger partial charge in [0.25, 0.3) is 0 Å². The van der Waals surface area contributed by atoms with Crippen LogP contribution in [0.3, 0.4) is 0 Å². The van der Waals surface area contributed by atoms with E-state index in [1.54, 1.807) is 16.7 Å². The van der Waals surface area contributed by atoms with Crippen molar-refractivity contribution in [3.05, 3.63) is 29.8 Å². The number of amides is 1. The van der Waals surface area contributed by atoms with Crippen LogP contribution in [0.25, 0.3) is 0 Å². The van der Waals surface area contributed by atoms with Gasteiger partial charge in [-0.3, -0.25) is 10.1 Å². The summed E-state index contributed by atoms with van der Waals surface area (Å²) in [6, 6.07) is 9.69. The van der Waals surface area contributed by atoms with E-state index in [0.29, 0.717) is 13.2 Å². The summed E-state index contributed by atoms with van der Waals surface area (Å²) >= 11 is 1.72. The second-order valence-electron chi connectivity index (χ2n) is 5.72. The average molecular weight is 368 g/mol. The van der Waals surface area contributed by atoms with Crippen LogP contribution >= 0.6 is 24.2 Å². The number of hydrogen-bond acceptors (Lipinski definition) is 5. The van der Waals surface area contributed by atoms with Gasteiger partial charge in [0, 0.05) is 17.9 Å². The van der Waals surface area contributed by atoms with Crippen molar-refractivity contribution in [2.45, 2.75) is 37.2 Å². The number of nitrogens with zero attached hydrogens (tertiary/aromatic N) is 2. The zero-order valence-electron chi connectivity index (χ0n) is 13.6. The number of nitrogens with one attached hydrogen (secondary N) is 1. The normalized spacial score (nSPS) is 25.8. The summed E-state index contributed by atoms with van der Waals surface area (Å²) < 4.78 is 5.69. The smallest absolute Gasteiger partial charge is 0.241 e. The van der Waals surface area contributed by atoms with Crippen LogP contribution in [-0.4, -0.2) is 41.8 Å². The molecule has 130 valence electrons. The van der Waals surface area contributed by atoms with Gasteiger partial charge in [-0.15, -0.1) is 24.2 Å². The molecule has 5 nitrogen and oxygen atoms in total. The summed E-state index contributed by atoms with van der Waals surface area (Å²) in [7, 11) is 0. The van der Waals surface area contributed by atoms with Crippen molar-refractivity contribution in [1.29, 1.82) is 5.26 Å². The lowest BCUT2D eigenvalue weighted by atomic mass is 10.1. The van der Waals surface area contributed by atoms with Crippen LogP contribution in [0.5, 0.6) is 5.75 Å². The molecule has 0 radical (unpaired) electrons. The van der Waals surface area contributed by atoms with Gasteiger partial charge in [0.1, 0.15) is 11.8 Å². The lowest BCUT2D eigenvalue weighted by molar-refractivity contribution is -0.132. The first-order valence-electron chi connectivity index (χ1n) is 8.04. The molecule has 2 heterocycles. The molecule has 3 rings (SSSR count). The molecule has 1 unspecified atom stereocenters. The molecule has 2 aliphatic heterocycles. The van der Waals surface area contributed by atoms with Gasteiger partial charge in [0.05, 0.1) is 24.1 Å². The Labute approximate surface area is 153 Å². The van der Waals surface area contributed by atoms with Crippen molar-refractivity contribution in [3.8, 4) is 11.8 Å². The summed E-state index contributed by atoms with van der Waals surface area (Å²) in [6.07, 6.45) is 1.71. The Bertz CT molecular complexity index is 622. The molecule has 1 N–H and O–H groups in total. The van der Waals surface area contributed by atoms with E-state index < -0.39 is 0 Å². The van der Waals surface area contributed by atoms with E-state index in [4.69, 9.17) is 10.00 Å². The van der Waals surface area contributed by atoms with Crippen molar-refractivity contribution in [1.82, 2.24) is 10.2 Å². The van der Waals surface area contributed by atoms with Crippen molar-refractivity contribution in [2.75, 3.05) is 18.9 Å². The predicted octanol–water partition coefficient (Wildman–Crippen LogP) is 2.73. The molecule has 1 aromatic carbocycles. The van der Waals surface area contributed by atoms with Crippen LogP contribution in [0, 0.1) is 11.3 Å². The fourth-order valence-electron chi connectivity index (χ4n) is 3.14. The van der Waals surface area contributed by atoms with Crippen molar-refractivity contribution in [2.24, 2.45) is 0 Å². The third kappa shape index (κ3) is 3.80. The number of carbonyl (C=O) groups is 1. The van der Waals surface area contributed by atoms with E-state index in [1.165, 1.54) is 0 Å². The van der Waals surface area contributed by atoms with Crippen LogP contribution in [0.1, 0.15) is 30.7 Å². The fraction of sp³-hybridized carbons (Fsp3) is 0.529. The molecule has 0 spiro atoms. The average Bonchev–Trinajstić information content (AvgIpc) is 3.24. The number of para-hydroxylation sites is 1. The number of thioether (sulfide) groups is 1. The number of likely N-dealkylation sites (tertiary alicyclic amines) is 1. The molecule has 1 amide bonds. The van der Waals surface area contributed by atoms with Gasteiger partial charge in [0.2, 0.25) is 5.91 Å². The minimum atomic E-state index is -0.260. The second kappa shape index (κ2) is 8.61. The second-order valence-corrected chi connectivity index (χ2v) is 6.86. The monoisotopic (exact) mass is 367 g/mol. The van der Waals surface area contributed by atoms with Crippen LogP contribution < -0.4 is 10.1 Å². The Balaban J connectivity index is 0.00000208. The first-order chi connectivity index (χ1) is 11.2. The Morgan fingerprint density at radius 2 is 2.29 bits per heavy atom. The highest BCUT2D eigenvalue weighted by atomic mass is 35.5. The van der Waals surface area contributed by atoms with Gasteiger partial charge < -0.3 is 9.64 Å². The van der Waals surface area contributed by atoms with Crippen molar-refractivity contribution in [3.63, 3.8) is 0 Å². The van der Waals surface area contributed by atoms with Gasteiger partial charge >= 0.3 is 0 Å². The number of nitriles is 1.